The van der Waals surface area contributed by atoms with E-state index in [1.54, 1.807) is 41.0 Å². The zero-order chi connectivity index (χ0) is 23.1. The summed E-state index contributed by atoms with van der Waals surface area (Å²) in [6.45, 7) is 3.79. The largest absolute Gasteiger partial charge is 0.358 e. The lowest BCUT2D eigenvalue weighted by molar-refractivity contribution is 0.181. The summed E-state index contributed by atoms with van der Waals surface area (Å²) in [6, 6.07) is 20.8. The molecule has 0 aliphatic carbocycles. The molecule has 0 saturated carbocycles. The first-order chi connectivity index (χ1) is 16.0. The summed E-state index contributed by atoms with van der Waals surface area (Å²) < 4.78 is 27.7. The smallest absolute Gasteiger partial charge is 0.243 e. The zero-order valence-corrected chi connectivity index (χ0v) is 19.9. The highest BCUT2D eigenvalue weighted by molar-refractivity contribution is 7.89. The highest BCUT2D eigenvalue weighted by Crippen LogP contribution is 2.20. The molecule has 0 atom stereocenters. The molecule has 1 aromatic heterocycles. The molecule has 2 heterocycles. The molecule has 1 fully saturated rings. The lowest BCUT2D eigenvalue weighted by atomic mass is 10.2. The average Bonchev–Trinajstić information content (AvgIpc) is 2.85. The Hall–Kier alpha value is -2.85. The Bertz CT molecular complexity index is 1150. The molecule has 33 heavy (non-hydrogen) atoms. The second-order valence-corrected chi connectivity index (χ2v) is 10.2. The maximum Gasteiger partial charge on any atom is 0.243 e. The highest BCUT2D eigenvalue weighted by Gasteiger charge is 2.28. The summed E-state index contributed by atoms with van der Waals surface area (Å²) in [5.74, 6) is 0. The lowest BCUT2D eigenvalue weighted by Gasteiger charge is -2.34. The first-order valence-corrected chi connectivity index (χ1v) is 12.7. The van der Waals surface area contributed by atoms with Crippen LogP contribution >= 0.6 is 12.2 Å². The van der Waals surface area contributed by atoms with Crippen LogP contribution in [-0.2, 0) is 23.1 Å². The van der Waals surface area contributed by atoms with Crippen molar-refractivity contribution in [3.63, 3.8) is 0 Å². The molecule has 2 N–H and O–H groups in total. The van der Waals surface area contributed by atoms with Gasteiger partial charge in [-0.05, 0) is 53.7 Å². The molecule has 9 heteroatoms. The standard InChI is InChI=1S/C24H27N5O2S2/c30-33(31,29-15-13-28(14-16-29)19-20-5-2-1-3-6-20)23-10-8-22(9-11-23)27-24(32)26-18-21-7-4-12-25-17-21/h1-12,17H,13-16,18-19H2,(H2,26,27,32). The third kappa shape index (κ3) is 6.35. The fraction of sp³-hybridized carbons (Fsp3) is 0.250. The number of thiocarbonyl (C=S) groups is 1. The van der Waals surface area contributed by atoms with Crippen molar-refractivity contribution < 1.29 is 8.42 Å². The van der Waals surface area contributed by atoms with Gasteiger partial charge in [0.2, 0.25) is 10.0 Å². The molecule has 1 saturated heterocycles. The number of rotatable bonds is 7. The SMILES string of the molecule is O=S(=O)(c1ccc(NC(=S)NCc2cccnc2)cc1)N1CCN(Cc2ccccc2)CC1. The van der Waals surface area contributed by atoms with Gasteiger partial charge in [0.1, 0.15) is 0 Å². The van der Waals surface area contributed by atoms with E-state index < -0.39 is 10.0 Å². The second kappa shape index (κ2) is 10.8. The van der Waals surface area contributed by atoms with Gasteiger partial charge in [0.25, 0.3) is 0 Å². The highest BCUT2D eigenvalue weighted by atomic mass is 32.2. The van der Waals surface area contributed by atoms with Crippen molar-refractivity contribution >= 4 is 33.0 Å². The van der Waals surface area contributed by atoms with Crippen molar-refractivity contribution in [3.8, 4) is 0 Å². The van der Waals surface area contributed by atoms with Crippen molar-refractivity contribution in [1.29, 1.82) is 0 Å². The Labute approximate surface area is 200 Å². The van der Waals surface area contributed by atoms with Crippen molar-refractivity contribution in [1.82, 2.24) is 19.5 Å². The van der Waals surface area contributed by atoms with Crippen LogP contribution in [0.2, 0.25) is 0 Å². The van der Waals surface area contributed by atoms with Gasteiger partial charge in [-0.15, -0.1) is 0 Å². The number of nitrogens with zero attached hydrogens (tertiary/aromatic N) is 3. The van der Waals surface area contributed by atoms with Crippen LogP contribution < -0.4 is 10.6 Å². The monoisotopic (exact) mass is 481 g/mol. The Balaban J connectivity index is 1.29. The molecule has 3 aromatic rings. The van der Waals surface area contributed by atoms with E-state index in [9.17, 15) is 8.42 Å². The minimum atomic E-state index is -3.53. The van der Waals surface area contributed by atoms with Gasteiger partial charge in [-0.3, -0.25) is 9.88 Å². The summed E-state index contributed by atoms with van der Waals surface area (Å²) in [7, 11) is -3.53. The molecule has 2 aromatic carbocycles. The third-order valence-electron chi connectivity index (χ3n) is 5.51. The predicted octanol–water partition coefficient (Wildman–Crippen LogP) is 3.07. The van der Waals surface area contributed by atoms with Gasteiger partial charge in [0, 0.05) is 57.3 Å². The molecule has 0 radical (unpaired) electrons. The van der Waals surface area contributed by atoms with Crippen LogP contribution in [-0.4, -0.2) is 53.9 Å². The second-order valence-electron chi connectivity index (χ2n) is 7.86. The van der Waals surface area contributed by atoms with Gasteiger partial charge in [-0.25, -0.2) is 8.42 Å². The maximum atomic E-state index is 13.1. The summed E-state index contributed by atoms with van der Waals surface area (Å²) >= 11 is 5.33. The molecule has 172 valence electrons. The van der Waals surface area contributed by atoms with Crippen LogP contribution in [0.25, 0.3) is 0 Å². The van der Waals surface area contributed by atoms with E-state index in [1.807, 2.05) is 30.3 Å². The van der Waals surface area contributed by atoms with Gasteiger partial charge in [0.05, 0.1) is 4.90 Å². The Morgan fingerprint density at radius 3 is 2.27 bits per heavy atom. The van der Waals surface area contributed by atoms with Crippen molar-refractivity contribution in [2.45, 2.75) is 18.0 Å². The number of hydrogen-bond donors (Lipinski definition) is 2. The Morgan fingerprint density at radius 1 is 0.909 bits per heavy atom. The first kappa shape index (κ1) is 23.3. The van der Waals surface area contributed by atoms with Gasteiger partial charge in [-0.2, -0.15) is 4.31 Å². The normalized spacial score (nSPS) is 15.2. The predicted molar refractivity (Wildman–Crippen MR) is 134 cm³/mol. The Kier molecular flexibility index (Phi) is 7.66. The molecule has 0 bridgehead atoms. The summed E-state index contributed by atoms with van der Waals surface area (Å²) in [6.07, 6.45) is 3.50. The molecule has 1 aliphatic rings. The fourth-order valence-electron chi connectivity index (χ4n) is 3.69. The molecule has 0 spiro atoms. The van der Waals surface area contributed by atoms with Crippen LogP contribution in [0.1, 0.15) is 11.1 Å². The molecule has 4 rings (SSSR count). The quantitative estimate of drug-likeness (QED) is 0.502. The number of sulfonamides is 1. The fourth-order valence-corrected chi connectivity index (χ4v) is 5.30. The molecule has 0 unspecified atom stereocenters. The minimum Gasteiger partial charge on any atom is -0.358 e. The van der Waals surface area contributed by atoms with Crippen LogP contribution in [0.3, 0.4) is 0 Å². The van der Waals surface area contributed by atoms with Crippen LogP contribution in [0.4, 0.5) is 5.69 Å². The number of hydrogen-bond acceptors (Lipinski definition) is 5. The van der Waals surface area contributed by atoms with E-state index in [1.165, 1.54) is 5.56 Å². The maximum absolute atomic E-state index is 13.1. The zero-order valence-electron chi connectivity index (χ0n) is 18.2. The van der Waals surface area contributed by atoms with Crippen molar-refractivity contribution in [3.05, 3.63) is 90.3 Å². The van der Waals surface area contributed by atoms with E-state index >= 15 is 0 Å². The number of nitrogens with one attached hydrogen (secondary N) is 2. The van der Waals surface area contributed by atoms with Gasteiger partial charge in [0.15, 0.2) is 5.11 Å². The Morgan fingerprint density at radius 2 is 1.61 bits per heavy atom. The molecule has 1 aliphatic heterocycles. The van der Waals surface area contributed by atoms with E-state index in [0.717, 1.165) is 17.8 Å². The van der Waals surface area contributed by atoms with Gasteiger partial charge in [-0.1, -0.05) is 36.4 Å². The lowest BCUT2D eigenvalue weighted by Crippen LogP contribution is -2.48. The average molecular weight is 482 g/mol. The third-order valence-corrected chi connectivity index (χ3v) is 7.67. The summed E-state index contributed by atoms with van der Waals surface area (Å²) in [5, 5.41) is 6.66. The summed E-state index contributed by atoms with van der Waals surface area (Å²) in [4.78, 5) is 6.65. The number of anilines is 1. The molecule has 0 amide bonds. The van der Waals surface area contributed by atoms with Crippen LogP contribution in [0.15, 0.2) is 84.0 Å². The first-order valence-electron chi connectivity index (χ1n) is 10.8. The number of pyridine rings is 1. The number of piperazine rings is 1. The van der Waals surface area contributed by atoms with Crippen LogP contribution in [0, 0.1) is 0 Å². The van der Waals surface area contributed by atoms with Crippen LogP contribution in [0.5, 0.6) is 0 Å². The van der Waals surface area contributed by atoms with Gasteiger partial charge < -0.3 is 10.6 Å². The topological polar surface area (TPSA) is 77.6 Å². The van der Waals surface area contributed by atoms with E-state index in [4.69, 9.17) is 12.2 Å². The van der Waals surface area contributed by atoms with Crippen molar-refractivity contribution in [2.24, 2.45) is 0 Å². The van der Waals surface area contributed by atoms with Crippen molar-refractivity contribution in [2.75, 3.05) is 31.5 Å². The van der Waals surface area contributed by atoms with E-state index in [0.29, 0.717) is 42.7 Å². The summed E-state index contributed by atoms with van der Waals surface area (Å²) in [5.41, 5.74) is 2.99. The van der Waals surface area contributed by atoms with E-state index in [2.05, 4.69) is 32.7 Å². The molecular formula is C24H27N5O2S2. The minimum absolute atomic E-state index is 0.291. The molecular weight excluding hydrogens is 454 g/mol. The number of benzene rings is 2. The van der Waals surface area contributed by atoms with E-state index in [-0.39, 0.29) is 0 Å². The number of aromatic nitrogens is 1. The molecule has 7 nitrogen and oxygen atoms in total. The van der Waals surface area contributed by atoms with Gasteiger partial charge >= 0.3 is 0 Å².